The lowest BCUT2D eigenvalue weighted by atomic mass is 9.80. The summed E-state index contributed by atoms with van der Waals surface area (Å²) in [5, 5.41) is 30.4. The number of nitro benzene ring substituents is 1. The number of rotatable bonds is 16. The van der Waals surface area contributed by atoms with Gasteiger partial charge in [-0.25, -0.2) is 9.59 Å². The van der Waals surface area contributed by atoms with E-state index in [1.165, 1.54) is 18.2 Å². The van der Waals surface area contributed by atoms with Crippen LogP contribution in [0.1, 0.15) is 58.9 Å². The molecule has 3 rings (SSSR count). The number of esters is 2. The van der Waals surface area contributed by atoms with E-state index < -0.39 is 28.9 Å². The molecule has 2 atom stereocenters. The molecule has 0 saturated heterocycles. The molecule has 0 radical (unpaired) electrons. The summed E-state index contributed by atoms with van der Waals surface area (Å²) >= 11 is 0. The molecule has 2 aromatic rings. The van der Waals surface area contributed by atoms with Crippen molar-refractivity contribution in [2.45, 2.75) is 65.5 Å². The Hall–Kier alpha value is -4.79. The number of benzene rings is 2. The van der Waals surface area contributed by atoms with Crippen LogP contribution in [-0.2, 0) is 23.9 Å². The monoisotopic (exact) mass is 656 g/mol. The van der Waals surface area contributed by atoms with Crippen LogP contribution in [0.15, 0.2) is 71.1 Å². The van der Waals surface area contributed by atoms with Crippen molar-refractivity contribution in [3.05, 3.63) is 86.7 Å². The minimum absolute atomic E-state index is 0. The number of carbonyl (C=O) groups excluding carboxylic acids is 3. The average molecular weight is 657 g/mol. The largest absolute Gasteiger partial charge is 0.491 e. The van der Waals surface area contributed by atoms with Crippen LogP contribution < -0.4 is 20.7 Å². The molecule has 47 heavy (non-hydrogen) atoms. The van der Waals surface area contributed by atoms with E-state index in [2.05, 4.69) is 16.0 Å². The highest BCUT2D eigenvalue weighted by atomic mass is 16.6. The lowest BCUT2D eigenvalue weighted by Gasteiger charge is -2.30. The molecule has 0 aliphatic carbocycles. The number of nitrogens with one attached hydrogen (secondary N) is 3. The van der Waals surface area contributed by atoms with Crippen molar-refractivity contribution < 1.29 is 44.1 Å². The van der Waals surface area contributed by atoms with Gasteiger partial charge >= 0.3 is 11.9 Å². The van der Waals surface area contributed by atoms with Gasteiger partial charge in [-0.3, -0.25) is 14.9 Å². The number of nitrogens with zero attached hydrogens (tertiary/aromatic N) is 1. The Morgan fingerprint density at radius 2 is 1.66 bits per heavy atom. The lowest BCUT2D eigenvalue weighted by Crippen LogP contribution is -2.35. The molecule has 0 bridgehead atoms. The standard InChI is InChI=1S/C33H42N4O9.H2O/c1-6-44-32(40)29-21(4)35-22(5)30(31(29)23-9-7-10-25(17-23)37(42)43)33(41)45-16-8-11-28(39)36-24-12-14-27(15-13-24)46-19-26(38)18-34-20(2)3;/h7,9-10,12-15,17,20,26,31,34-35,38H,6,8,11,16,18-19H2,1-5H3,(H,36,39);1H2. The van der Waals surface area contributed by atoms with E-state index >= 15 is 0 Å². The molecule has 1 aliphatic rings. The maximum atomic E-state index is 13.4. The number of dihydropyridines is 1. The summed E-state index contributed by atoms with van der Waals surface area (Å²) in [5.41, 5.74) is 1.87. The Bertz CT molecular complexity index is 1470. The molecule has 0 saturated carbocycles. The van der Waals surface area contributed by atoms with Gasteiger partial charge in [0, 0.05) is 48.2 Å². The smallest absolute Gasteiger partial charge is 0.336 e. The Morgan fingerprint density at radius 3 is 2.26 bits per heavy atom. The van der Waals surface area contributed by atoms with Crippen molar-refractivity contribution in [1.82, 2.24) is 10.6 Å². The van der Waals surface area contributed by atoms with Gasteiger partial charge in [0.2, 0.25) is 5.91 Å². The highest BCUT2D eigenvalue weighted by molar-refractivity contribution is 6.00. The predicted octanol–water partition coefficient (Wildman–Crippen LogP) is 3.27. The molecule has 1 amide bonds. The van der Waals surface area contributed by atoms with Crippen LogP contribution in [0, 0.1) is 10.1 Å². The molecule has 0 fully saturated rings. The predicted molar refractivity (Wildman–Crippen MR) is 175 cm³/mol. The summed E-state index contributed by atoms with van der Waals surface area (Å²) in [5.74, 6) is -2.09. The fraction of sp³-hybridized carbons (Fsp3) is 0.424. The first-order valence-corrected chi connectivity index (χ1v) is 15.1. The third-order valence-electron chi connectivity index (χ3n) is 7.01. The molecular weight excluding hydrogens is 612 g/mol. The third kappa shape index (κ3) is 11.2. The average Bonchev–Trinajstić information content (AvgIpc) is 3.01. The van der Waals surface area contributed by atoms with Crippen LogP contribution in [0.2, 0.25) is 0 Å². The number of carbonyl (C=O) groups is 3. The number of aliphatic hydroxyl groups is 1. The Kier molecular flexibility index (Phi) is 15.0. The molecule has 1 aliphatic heterocycles. The van der Waals surface area contributed by atoms with Gasteiger partial charge in [-0.2, -0.15) is 0 Å². The molecule has 2 unspecified atom stereocenters. The lowest BCUT2D eigenvalue weighted by molar-refractivity contribution is -0.384. The van der Waals surface area contributed by atoms with Gasteiger partial charge in [-0.15, -0.1) is 0 Å². The zero-order valence-electron chi connectivity index (χ0n) is 27.3. The van der Waals surface area contributed by atoms with Crippen LogP contribution >= 0.6 is 0 Å². The fourth-order valence-corrected chi connectivity index (χ4v) is 4.85. The summed E-state index contributed by atoms with van der Waals surface area (Å²) in [6.07, 6.45) is -0.364. The Balaban J connectivity index is 0.00000768. The number of nitro groups is 1. The number of amides is 1. The third-order valence-corrected chi connectivity index (χ3v) is 7.01. The maximum Gasteiger partial charge on any atom is 0.336 e. The summed E-state index contributed by atoms with van der Waals surface area (Å²) in [7, 11) is 0. The number of hydrogen-bond donors (Lipinski definition) is 4. The van der Waals surface area contributed by atoms with Crippen LogP contribution in [0.4, 0.5) is 11.4 Å². The first-order chi connectivity index (χ1) is 21.9. The van der Waals surface area contributed by atoms with Gasteiger partial charge in [0.05, 0.1) is 35.2 Å². The number of hydrogen-bond acceptors (Lipinski definition) is 11. The van der Waals surface area contributed by atoms with Crippen molar-refractivity contribution in [3.8, 4) is 5.75 Å². The fourth-order valence-electron chi connectivity index (χ4n) is 4.85. The first-order valence-electron chi connectivity index (χ1n) is 15.1. The highest BCUT2D eigenvalue weighted by Gasteiger charge is 2.38. The van der Waals surface area contributed by atoms with E-state index in [1.54, 1.807) is 51.1 Å². The summed E-state index contributed by atoms with van der Waals surface area (Å²) in [6, 6.07) is 12.7. The minimum atomic E-state index is -0.970. The van der Waals surface area contributed by atoms with E-state index in [-0.39, 0.29) is 66.9 Å². The SMILES string of the molecule is CCOC(=O)C1=C(C)NC(C)=C(C(=O)OCCCC(=O)Nc2ccc(OCC(O)CNC(C)C)cc2)C1c1cccc([N+](=O)[O-])c1.O. The molecule has 0 aromatic heterocycles. The Labute approximate surface area is 273 Å². The molecule has 2 aromatic carbocycles. The van der Waals surface area contributed by atoms with Crippen molar-refractivity contribution in [2.24, 2.45) is 0 Å². The number of non-ortho nitro benzene ring substituents is 1. The van der Waals surface area contributed by atoms with Gasteiger partial charge < -0.3 is 40.7 Å². The van der Waals surface area contributed by atoms with Gasteiger partial charge in [-0.05, 0) is 57.0 Å². The van der Waals surface area contributed by atoms with Crippen LogP contribution in [0.5, 0.6) is 5.75 Å². The molecular formula is C33H44N4O10. The van der Waals surface area contributed by atoms with Crippen molar-refractivity contribution >= 4 is 29.2 Å². The highest BCUT2D eigenvalue weighted by Crippen LogP contribution is 2.40. The maximum absolute atomic E-state index is 13.4. The van der Waals surface area contributed by atoms with Gasteiger partial charge in [0.15, 0.2) is 0 Å². The molecule has 14 heteroatoms. The number of ether oxygens (including phenoxy) is 3. The van der Waals surface area contributed by atoms with Gasteiger partial charge in [0.1, 0.15) is 18.5 Å². The molecule has 256 valence electrons. The summed E-state index contributed by atoms with van der Waals surface area (Å²) in [4.78, 5) is 49.9. The molecule has 0 spiro atoms. The molecule has 1 heterocycles. The zero-order valence-corrected chi connectivity index (χ0v) is 27.3. The number of aliphatic hydroxyl groups excluding tert-OH is 1. The molecule has 14 nitrogen and oxygen atoms in total. The Morgan fingerprint density at radius 1 is 1.02 bits per heavy atom. The first kappa shape index (κ1) is 38.4. The molecule has 6 N–H and O–H groups in total. The quantitative estimate of drug-likeness (QED) is 0.0891. The van der Waals surface area contributed by atoms with E-state index in [0.717, 1.165) is 0 Å². The topological polar surface area (TPSA) is 210 Å². The zero-order chi connectivity index (χ0) is 33.8. The minimum Gasteiger partial charge on any atom is -0.491 e. The van der Waals surface area contributed by atoms with Crippen molar-refractivity contribution in [3.63, 3.8) is 0 Å². The second-order valence-electron chi connectivity index (χ2n) is 11.0. The van der Waals surface area contributed by atoms with Crippen molar-refractivity contribution in [2.75, 3.05) is 31.7 Å². The summed E-state index contributed by atoms with van der Waals surface area (Å²) in [6.45, 7) is 9.52. The number of allylic oxidation sites excluding steroid dienone is 2. The normalized spacial score (nSPS) is 14.9. The van der Waals surface area contributed by atoms with Gasteiger partial charge in [-0.1, -0.05) is 26.0 Å². The van der Waals surface area contributed by atoms with E-state index in [0.29, 0.717) is 34.9 Å². The van der Waals surface area contributed by atoms with Crippen LogP contribution in [0.25, 0.3) is 0 Å². The summed E-state index contributed by atoms with van der Waals surface area (Å²) < 4.78 is 16.4. The van der Waals surface area contributed by atoms with Crippen LogP contribution in [0.3, 0.4) is 0 Å². The second-order valence-corrected chi connectivity index (χ2v) is 11.0. The number of anilines is 1. The van der Waals surface area contributed by atoms with E-state index in [4.69, 9.17) is 14.2 Å². The van der Waals surface area contributed by atoms with Crippen LogP contribution in [-0.4, -0.2) is 71.9 Å². The van der Waals surface area contributed by atoms with E-state index in [9.17, 15) is 29.6 Å². The second kappa shape index (κ2) is 18.4. The van der Waals surface area contributed by atoms with Gasteiger partial charge in [0.25, 0.3) is 5.69 Å². The van der Waals surface area contributed by atoms with E-state index in [1.807, 2.05) is 13.8 Å². The van der Waals surface area contributed by atoms with Crippen molar-refractivity contribution in [1.29, 1.82) is 0 Å².